The van der Waals surface area contributed by atoms with Crippen molar-refractivity contribution in [2.75, 3.05) is 6.54 Å². The van der Waals surface area contributed by atoms with Crippen LogP contribution in [-0.4, -0.2) is 30.0 Å². The molecule has 1 saturated carbocycles. The molecule has 1 fully saturated rings. The second-order valence-corrected chi connectivity index (χ2v) is 5.04. The molecule has 1 aromatic carbocycles. The van der Waals surface area contributed by atoms with Crippen LogP contribution in [0.4, 0.5) is 13.2 Å². The molecule has 1 aliphatic carbocycles. The summed E-state index contributed by atoms with van der Waals surface area (Å²) in [7, 11) is 0. The van der Waals surface area contributed by atoms with Crippen LogP contribution >= 0.6 is 0 Å². The average Bonchev–Trinajstić information content (AvgIpc) is 2.80. The van der Waals surface area contributed by atoms with Crippen molar-refractivity contribution in [1.29, 1.82) is 0 Å². The van der Waals surface area contributed by atoms with Crippen molar-refractivity contribution in [3.05, 3.63) is 29.8 Å². The number of carbonyl (C=O) groups is 1. The van der Waals surface area contributed by atoms with E-state index in [1.54, 1.807) is 0 Å². The summed E-state index contributed by atoms with van der Waals surface area (Å²) >= 11 is 0. The van der Waals surface area contributed by atoms with Crippen LogP contribution in [0.25, 0.3) is 0 Å². The third-order valence-corrected chi connectivity index (χ3v) is 3.47. The Morgan fingerprint density at radius 2 is 2.14 bits per heavy atom. The summed E-state index contributed by atoms with van der Waals surface area (Å²) in [4.78, 5) is 11.9. The van der Waals surface area contributed by atoms with Gasteiger partial charge in [-0.2, -0.15) is 0 Å². The molecule has 1 aliphatic rings. The van der Waals surface area contributed by atoms with Crippen LogP contribution in [0.1, 0.15) is 29.6 Å². The van der Waals surface area contributed by atoms with Crippen molar-refractivity contribution in [3.63, 3.8) is 0 Å². The monoisotopic (exact) mass is 303 g/mol. The number of carbonyl (C=O) groups excluding carboxylic acids is 1. The van der Waals surface area contributed by atoms with Gasteiger partial charge in [0.05, 0.1) is 6.10 Å². The topological polar surface area (TPSA) is 58.6 Å². The lowest BCUT2D eigenvalue weighted by Crippen LogP contribution is -2.32. The third kappa shape index (κ3) is 4.63. The summed E-state index contributed by atoms with van der Waals surface area (Å²) < 4.78 is 40.1. The van der Waals surface area contributed by atoms with Crippen LogP contribution in [0.5, 0.6) is 5.75 Å². The Hall–Kier alpha value is -1.76. The third-order valence-electron chi connectivity index (χ3n) is 3.47. The van der Waals surface area contributed by atoms with Gasteiger partial charge in [0.1, 0.15) is 5.75 Å². The second-order valence-electron chi connectivity index (χ2n) is 5.04. The highest BCUT2D eigenvalue weighted by Gasteiger charge is 2.31. The van der Waals surface area contributed by atoms with Crippen molar-refractivity contribution >= 4 is 5.91 Å². The molecule has 0 saturated heterocycles. The Bertz CT molecular complexity index is 504. The van der Waals surface area contributed by atoms with Gasteiger partial charge in [0.25, 0.3) is 5.91 Å². The van der Waals surface area contributed by atoms with Crippen molar-refractivity contribution in [3.8, 4) is 5.75 Å². The number of halogens is 3. The van der Waals surface area contributed by atoms with Gasteiger partial charge in [0, 0.05) is 18.0 Å². The number of alkyl halides is 3. The van der Waals surface area contributed by atoms with E-state index in [9.17, 15) is 23.1 Å². The predicted molar refractivity (Wildman–Crippen MR) is 68.8 cm³/mol. The summed E-state index contributed by atoms with van der Waals surface area (Å²) in [6.07, 6.45) is -2.75. The first kappa shape index (κ1) is 15.6. The fourth-order valence-corrected chi connectivity index (χ4v) is 2.42. The number of hydrogen-bond donors (Lipinski definition) is 2. The van der Waals surface area contributed by atoms with E-state index in [1.165, 1.54) is 12.1 Å². The molecule has 1 aromatic rings. The summed E-state index contributed by atoms with van der Waals surface area (Å²) in [5, 5.41) is 12.3. The van der Waals surface area contributed by atoms with Gasteiger partial charge in [-0.3, -0.25) is 4.79 Å². The number of aliphatic hydroxyl groups excluding tert-OH is 1. The molecule has 2 N–H and O–H groups in total. The van der Waals surface area contributed by atoms with E-state index in [1.807, 2.05) is 0 Å². The molecule has 0 aliphatic heterocycles. The minimum atomic E-state index is -4.79. The quantitative estimate of drug-likeness (QED) is 0.898. The summed E-state index contributed by atoms with van der Waals surface area (Å²) in [5.41, 5.74) is 0.0873. The Kier molecular flexibility index (Phi) is 4.72. The van der Waals surface area contributed by atoms with E-state index in [0.717, 1.165) is 31.4 Å². The zero-order chi connectivity index (χ0) is 15.5. The van der Waals surface area contributed by atoms with E-state index in [4.69, 9.17) is 0 Å². The lowest BCUT2D eigenvalue weighted by molar-refractivity contribution is -0.274. The van der Waals surface area contributed by atoms with E-state index in [2.05, 4.69) is 10.1 Å². The molecule has 1 amide bonds. The number of aliphatic hydroxyl groups is 1. The molecule has 2 atom stereocenters. The zero-order valence-corrected chi connectivity index (χ0v) is 11.2. The Morgan fingerprint density at radius 3 is 2.76 bits per heavy atom. The second kappa shape index (κ2) is 6.34. The van der Waals surface area contributed by atoms with Crippen molar-refractivity contribution in [2.45, 2.75) is 31.7 Å². The lowest BCUT2D eigenvalue weighted by Gasteiger charge is -2.15. The van der Waals surface area contributed by atoms with Crippen LogP contribution in [-0.2, 0) is 0 Å². The Labute approximate surface area is 119 Å². The number of rotatable bonds is 4. The summed E-state index contributed by atoms with van der Waals surface area (Å²) in [6.45, 7) is 0.310. The van der Waals surface area contributed by atoms with Crippen LogP contribution < -0.4 is 10.1 Å². The highest BCUT2D eigenvalue weighted by molar-refractivity contribution is 5.94. The number of nitrogens with one attached hydrogen (secondary N) is 1. The molecule has 0 spiro atoms. The first-order chi connectivity index (χ1) is 9.85. The van der Waals surface area contributed by atoms with Gasteiger partial charge in [-0.25, -0.2) is 0 Å². The Morgan fingerprint density at radius 1 is 1.38 bits per heavy atom. The van der Waals surface area contributed by atoms with Gasteiger partial charge in [0.2, 0.25) is 0 Å². The van der Waals surface area contributed by atoms with Gasteiger partial charge in [0.15, 0.2) is 0 Å². The normalized spacial score (nSPS) is 22.1. The highest BCUT2D eigenvalue weighted by atomic mass is 19.4. The predicted octanol–water partition coefficient (Wildman–Crippen LogP) is 2.48. The van der Waals surface area contributed by atoms with E-state index < -0.39 is 24.1 Å². The average molecular weight is 303 g/mol. The van der Waals surface area contributed by atoms with Gasteiger partial charge in [-0.05, 0) is 31.0 Å². The molecular formula is C14H16F3NO3. The largest absolute Gasteiger partial charge is 0.573 e. The van der Waals surface area contributed by atoms with Gasteiger partial charge < -0.3 is 15.2 Å². The van der Waals surface area contributed by atoms with Gasteiger partial charge >= 0.3 is 6.36 Å². The number of ether oxygens (including phenoxy) is 1. The fraction of sp³-hybridized carbons (Fsp3) is 0.500. The minimum absolute atomic E-state index is 0.00329. The maximum atomic E-state index is 12.1. The molecule has 2 unspecified atom stereocenters. The van der Waals surface area contributed by atoms with Crippen LogP contribution in [0.2, 0.25) is 0 Å². The maximum absolute atomic E-state index is 12.1. The first-order valence-corrected chi connectivity index (χ1v) is 6.67. The molecule has 0 heterocycles. The molecule has 0 radical (unpaired) electrons. The lowest BCUT2D eigenvalue weighted by atomic mass is 10.1. The highest BCUT2D eigenvalue weighted by Crippen LogP contribution is 2.25. The maximum Gasteiger partial charge on any atom is 0.573 e. The molecule has 0 bridgehead atoms. The number of amides is 1. The molecule has 4 nitrogen and oxygen atoms in total. The number of benzene rings is 1. The van der Waals surface area contributed by atoms with Crippen molar-refractivity contribution in [1.82, 2.24) is 5.32 Å². The smallest absolute Gasteiger partial charge is 0.406 e. The van der Waals surface area contributed by atoms with Crippen LogP contribution in [0.3, 0.4) is 0 Å². The Balaban J connectivity index is 1.94. The molecule has 116 valence electrons. The first-order valence-electron chi connectivity index (χ1n) is 6.67. The SMILES string of the molecule is O=C(NCC1CCCC1O)c1cccc(OC(F)(F)F)c1. The van der Waals surface area contributed by atoms with Crippen LogP contribution in [0, 0.1) is 5.92 Å². The number of hydrogen-bond acceptors (Lipinski definition) is 3. The molecule has 21 heavy (non-hydrogen) atoms. The minimum Gasteiger partial charge on any atom is -0.406 e. The molecular weight excluding hydrogens is 287 g/mol. The standard InChI is InChI=1S/C14H16F3NO3/c15-14(16,17)21-11-5-1-3-9(7-11)13(20)18-8-10-4-2-6-12(10)19/h1,3,5,7,10,12,19H,2,4,6,8H2,(H,18,20). The van der Waals surface area contributed by atoms with Crippen LogP contribution in [0.15, 0.2) is 24.3 Å². The summed E-state index contributed by atoms with van der Waals surface area (Å²) in [5.74, 6) is -0.915. The van der Waals surface area contributed by atoms with E-state index in [0.29, 0.717) is 6.54 Å². The van der Waals surface area contributed by atoms with E-state index in [-0.39, 0.29) is 11.5 Å². The van der Waals surface area contributed by atoms with Crippen molar-refractivity contribution in [2.24, 2.45) is 5.92 Å². The molecule has 2 rings (SSSR count). The fourth-order valence-electron chi connectivity index (χ4n) is 2.42. The zero-order valence-electron chi connectivity index (χ0n) is 11.2. The van der Waals surface area contributed by atoms with Gasteiger partial charge in [-0.1, -0.05) is 12.5 Å². The summed E-state index contributed by atoms with van der Waals surface area (Å²) in [6, 6.07) is 4.89. The molecule has 7 heteroatoms. The van der Waals surface area contributed by atoms with Gasteiger partial charge in [-0.15, -0.1) is 13.2 Å². The van der Waals surface area contributed by atoms with Crippen molar-refractivity contribution < 1.29 is 27.8 Å². The molecule has 0 aromatic heterocycles. The van der Waals surface area contributed by atoms with E-state index >= 15 is 0 Å².